The van der Waals surface area contributed by atoms with Crippen LogP contribution in [0.2, 0.25) is 0 Å². The van der Waals surface area contributed by atoms with E-state index in [9.17, 15) is 9.90 Å². The van der Waals surface area contributed by atoms with Gasteiger partial charge < -0.3 is 15.7 Å². The minimum Gasteiger partial charge on any atom is -0.508 e. The van der Waals surface area contributed by atoms with Crippen molar-refractivity contribution in [2.75, 3.05) is 17.5 Å². The van der Waals surface area contributed by atoms with E-state index >= 15 is 0 Å². The lowest BCUT2D eigenvalue weighted by Crippen LogP contribution is -2.26. The molecule has 0 unspecified atom stereocenters. The molecule has 0 aliphatic rings. The lowest BCUT2D eigenvalue weighted by Gasteiger charge is -2.08. The molecule has 1 aromatic rings. The summed E-state index contributed by atoms with van der Waals surface area (Å²) in [6.07, 6.45) is 1.86. The summed E-state index contributed by atoms with van der Waals surface area (Å²) in [5.74, 6) is 0.176. The Morgan fingerprint density at radius 3 is 2.81 bits per heavy atom. The highest BCUT2D eigenvalue weighted by Crippen LogP contribution is 2.23. The fourth-order valence-corrected chi connectivity index (χ4v) is 1.96. The normalized spacial score (nSPS) is 9.95. The molecule has 0 aliphatic heterocycles. The summed E-state index contributed by atoms with van der Waals surface area (Å²) in [5.41, 5.74) is 9.46. The van der Waals surface area contributed by atoms with Gasteiger partial charge in [0.25, 0.3) is 0 Å². The summed E-state index contributed by atoms with van der Waals surface area (Å²) in [7, 11) is 0. The van der Waals surface area contributed by atoms with Gasteiger partial charge in [-0.1, -0.05) is 39.8 Å². The van der Waals surface area contributed by atoms with Crippen molar-refractivity contribution in [2.45, 2.75) is 19.4 Å². The molecular weight excluding hydrogens is 385 g/mol. The number of halogens is 1. The minimum absolute atomic E-state index is 0.0635. The van der Waals surface area contributed by atoms with Gasteiger partial charge in [-0.25, -0.2) is 0 Å². The van der Waals surface area contributed by atoms with Crippen LogP contribution in [0.4, 0.5) is 5.69 Å². The van der Waals surface area contributed by atoms with E-state index in [1.165, 1.54) is 6.07 Å². The third-order valence-electron chi connectivity index (χ3n) is 2.77. The quantitative estimate of drug-likeness (QED) is 0.147. The summed E-state index contributed by atoms with van der Waals surface area (Å²) in [4.78, 5) is 13.7. The van der Waals surface area contributed by atoms with E-state index in [0.29, 0.717) is 23.2 Å². The number of hydrogen-bond acceptors (Lipinski definition) is 4. The highest BCUT2D eigenvalue weighted by Gasteiger charge is 2.01. The van der Waals surface area contributed by atoms with Gasteiger partial charge in [0, 0.05) is 29.3 Å². The molecule has 114 valence electrons. The molecule has 1 aromatic carbocycles. The smallest absolute Gasteiger partial charge is 0.229 e. The molecule has 0 aliphatic carbocycles. The van der Waals surface area contributed by atoms with Crippen LogP contribution in [-0.2, 0) is 11.3 Å². The van der Waals surface area contributed by atoms with Crippen molar-refractivity contribution in [2.24, 2.45) is 5.11 Å². The number of alkyl halides is 1. The molecule has 0 saturated heterocycles. The third-order valence-corrected chi connectivity index (χ3v) is 3.46. The van der Waals surface area contributed by atoms with Crippen LogP contribution in [0.25, 0.3) is 10.4 Å². The zero-order chi connectivity index (χ0) is 15.5. The van der Waals surface area contributed by atoms with Gasteiger partial charge in [0.2, 0.25) is 5.91 Å². The number of phenolic OH excluding ortho intramolecular Hbond substituents is 1. The molecule has 0 saturated carbocycles. The number of azide groups is 1. The van der Waals surface area contributed by atoms with E-state index in [0.717, 1.165) is 24.9 Å². The van der Waals surface area contributed by atoms with Crippen LogP contribution in [-0.4, -0.2) is 28.5 Å². The first-order valence-corrected chi connectivity index (χ1v) is 8.10. The van der Waals surface area contributed by atoms with Crippen molar-refractivity contribution in [1.29, 1.82) is 0 Å². The molecule has 0 atom stereocenters. The molecule has 1 rings (SSSR count). The Morgan fingerprint density at radius 1 is 1.38 bits per heavy atom. The SMILES string of the molecule is [N-]=[N+]=Nc1ccc(CNCCCCNC(=O)CI)c(O)c1. The summed E-state index contributed by atoms with van der Waals surface area (Å²) in [5, 5.41) is 19.2. The second kappa shape index (κ2) is 10.3. The van der Waals surface area contributed by atoms with Gasteiger partial charge in [-0.3, -0.25) is 4.79 Å². The molecule has 0 radical (unpaired) electrons. The van der Waals surface area contributed by atoms with Crippen LogP contribution in [0, 0.1) is 0 Å². The summed E-state index contributed by atoms with van der Waals surface area (Å²) < 4.78 is 0.487. The van der Waals surface area contributed by atoms with Crippen molar-refractivity contribution in [3.63, 3.8) is 0 Å². The predicted molar refractivity (Wildman–Crippen MR) is 89.8 cm³/mol. The number of carbonyl (C=O) groups is 1. The first kappa shape index (κ1) is 17.5. The molecule has 7 nitrogen and oxygen atoms in total. The monoisotopic (exact) mass is 403 g/mol. The van der Waals surface area contributed by atoms with E-state index in [1.807, 2.05) is 22.6 Å². The number of nitrogens with one attached hydrogen (secondary N) is 2. The van der Waals surface area contributed by atoms with Gasteiger partial charge in [0.15, 0.2) is 0 Å². The maximum Gasteiger partial charge on any atom is 0.229 e. The van der Waals surface area contributed by atoms with Gasteiger partial charge in [-0.2, -0.15) is 0 Å². The Kier molecular flexibility index (Phi) is 8.56. The predicted octanol–water partition coefficient (Wildman–Crippen LogP) is 2.76. The fraction of sp³-hybridized carbons (Fsp3) is 0.462. The average molecular weight is 403 g/mol. The molecule has 1 amide bonds. The van der Waals surface area contributed by atoms with Crippen LogP contribution >= 0.6 is 22.6 Å². The molecule has 3 N–H and O–H groups in total. The highest BCUT2D eigenvalue weighted by atomic mass is 127. The number of unbranched alkanes of at least 4 members (excludes halogenated alkanes) is 1. The Hall–Kier alpha value is -1.51. The molecular formula is C13H18IN5O2. The number of rotatable bonds is 9. The standard InChI is InChI=1S/C13H18IN5O2/c14-8-13(21)17-6-2-1-5-16-9-10-3-4-11(18-19-15)7-12(10)20/h3-4,7,16,20H,1-2,5-6,8-9H2,(H,17,21). The number of aromatic hydroxyl groups is 1. The van der Waals surface area contributed by atoms with E-state index in [2.05, 4.69) is 20.7 Å². The molecule has 0 fully saturated rings. The van der Waals surface area contributed by atoms with Crippen molar-refractivity contribution >= 4 is 34.2 Å². The molecule has 21 heavy (non-hydrogen) atoms. The summed E-state index contributed by atoms with van der Waals surface area (Å²) in [6.45, 7) is 2.04. The first-order valence-electron chi connectivity index (χ1n) is 6.57. The van der Waals surface area contributed by atoms with Gasteiger partial charge in [-0.15, -0.1) is 0 Å². The maximum absolute atomic E-state index is 11.0. The zero-order valence-electron chi connectivity index (χ0n) is 11.5. The average Bonchev–Trinajstić information content (AvgIpc) is 2.48. The fourth-order valence-electron chi connectivity index (χ4n) is 1.69. The van der Waals surface area contributed by atoms with E-state index < -0.39 is 0 Å². The number of carbonyl (C=O) groups excluding carboxylic acids is 1. The first-order chi connectivity index (χ1) is 10.2. The van der Waals surface area contributed by atoms with Gasteiger partial charge in [-0.05, 0) is 31.0 Å². The number of benzene rings is 1. The van der Waals surface area contributed by atoms with E-state index in [1.54, 1.807) is 12.1 Å². The van der Waals surface area contributed by atoms with Gasteiger partial charge in [0.1, 0.15) is 5.75 Å². The second-order valence-corrected chi connectivity index (χ2v) is 5.13. The van der Waals surface area contributed by atoms with E-state index in [-0.39, 0.29) is 11.7 Å². The number of hydrogen-bond donors (Lipinski definition) is 3. The maximum atomic E-state index is 11.0. The van der Waals surface area contributed by atoms with Crippen molar-refractivity contribution in [1.82, 2.24) is 10.6 Å². The molecule has 0 spiro atoms. The summed E-state index contributed by atoms with van der Waals surface area (Å²) >= 11 is 2.03. The largest absolute Gasteiger partial charge is 0.508 e. The van der Waals surface area contributed by atoms with Crippen molar-refractivity contribution in [3.8, 4) is 5.75 Å². The second-order valence-electron chi connectivity index (χ2n) is 4.37. The Bertz CT molecular complexity index is 517. The van der Waals surface area contributed by atoms with Crippen LogP contribution in [0.15, 0.2) is 23.3 Å². The van der Waals surface area contributed by atoms with Crippen molar-refractivity contribution in [3.05, 3.63) is 34.2 Å². The van der Waals surface area contributed by atoms with Crippen LogP contribution in [0.3, 0.4) is 0 Å². The Balaban J connectivity index is 2.21. The third kappa shape index (κ3) is 7.16. The van der Waals surface area contributed by atoms with E-state index in [4.69, 9.17) is 5.53 Å². The minimum atomic E-state index is 0.0635. The Labute approximate surface area is 136 Å². The number of phenols is 1. The highest BCUT2D eigenvalue weighted by molar-refractivity contribution is 14.1. The lowest BCUT2D eigenvalue weighted by atomic mass is 10.2. The van der Waals surface area contributed by atoms with Crippen LogP contribution < -0.4 is 10.6 Å². The number of amides is 1. The molecule has 0 heterocycles. The summed E-state index contributed by atoms with van der Waals surface area (Å²) in [6, 6.07) is 4.83. The van der Waals surface area contributed by atoms with Crippen LogP contribution in [0.5, 0.6) is 5.75 Å². The van der Waals surface area contributed by atoms with Gasteiger partial charge in [0.05, 0.1) is 4.43 Å². The van der Waals surface area contributed by atoms with Crippen LogP contribution in [0.1, 0.15) is 18.4 Å². The Morgan fingerprint density at radius 2 is 2.14 bits per heavy atom. The lowest BCUT2D eigenvalue weighted by molar-refractivity contribution is -0.118. The van der Waals surface area contributed by atoms with Gasteiger partial charge >= 0.3 is 0 Å². The topological polar surface area (TPSA) is 110 Å². The molecule has 0 aromatic heterocycles. The zero-order valence-corrected chi connectivity index (χ0v) is 13.7. The van der Waals surface area contributed by atoms with Crippen molar-refractivity contribution < 1.29 is 9.90 Å². The molecule has 0 bridgehead atoms. The molecule has 8 heteroatoms. The number of nitrogens with zero attached hydrogens (tertiary/aromatic N) is 3.